The van der Waals surface area contributed by atoms with Gasteiger partial charge >= 0.3 is 0 Å². The number of nitrogens with zero attached hydrogens (tertiary/aromatic N) is 1. The summed E-state index contributed by atoms with van der Waals surface area (Å²) >= 11 is 0. The van der Waals surface area contributed by atoms with Crippen LogP contribution in [0.3, 0.4) is 0 Å². The van der Waals surface area contributed by atoms with Crippen LogP contribution in [0.5, 0.6) is 0 Å². The van der Waals surface area contributed by atoms with E-state index in [-0.39, 0.29) is 22.1 Å². The first-order valence-corrected chi connectivity index (χ1v) is 13.2. The summed E-state index contributed by atoms with van der Waals surface area (Å²) in [7, 11) is 3.86. The molecule has 0 aliphatic heterocycles. The highest BCUT2D eigenvalue weighted by molar-refractivity contribution is 5.30. The molecule has 2 aromatic carbocycles. The summed E-state index contributed by atoms with van der Waals surface area (Å²) in [6.07, 6.45) is 3.67. The first kappa shape index (κ1) is 32.5. The number of aromatic nitrogens is 1. The van der Waals surface area contributed by atoms with Crippen molar-refractivity contribution >= 4 is 0 Å². The molecule has 0 bridgehead atoms. The smallest absolute Gasteiger partial charge is 0.126 e. The van der Waals surface area contributed by atoms with Crippen LogP contribution in [0.4, 0.5) is 4.39 Å². The first-order valence-electron chi connectivity index (χ1n) is 13.2. The summed E-state index contributed by atoms with van der Waals surface area (Å²) in [5.74, 6) is -0.114. The molecule has 3 nitrogen and oxygen atoms in total. The minimum atomic E-state index is -0.131. The van der Waals surface area contributed by atoms with Crippen LogP contribution < -0.4 is 10.6 Å². The van der Waals surface area contributed by atoms with Crippen molar-refractivity contribution in [3.63, 3.8) is 0 Å². The van der Waals surface area contributed by atoms with E-state index in [1.165, 1.54) is 16.7 Å². The molecule has 0 fully saturated rings. The summed E-state index contributed by atoms with van der Waals surface area (Å²) in [5.41, 5.74) is 6.36. The lowest BCUT2D eigenvalue weighted by atomic mass is 9.86. The number of halogens is 1. The highest BCUT2D eigenvalue weighted by Gasteiger charge is 2.18. The Bertz CT molecular complexity index is 1040. The largest absolute Gasteiger partial charge is 0.316 e. The monoisotopic (exact) mass is 507 g/mol. The second-order valence-corrected chi connectivity index (χ2v) is 12.6. The van der Waals surface area contributed by atoms with E-state index in [0.717, 1.165) is 24.2 Å². The third kappa shape index (κ3) is 12.0. The third-order valence-electron chi connectivity index (χ3n) is 5.97. The maximum atomic E-state index is 13.5. The Morgan fingerprint density at radius 3 is 1.43 bits per heavy atom. The zero-order valence-electron chi connectivity index (χ0n) is 25.1. The zero-order chi connectivity index (χ0) is 28.3. The molecule has 0 aliphatic carbocycles. The number of nitrogens with one attached hydrogen (secondary N) is 2. The Morgan fingerprint density at radius 1 is 0.595 bits per heavy atom. The maximum absolute atomic E-state index is 13.5. The summed E-state index contributed by atoms with van der Waals surface area (Å²) in [6, 6.07) is 18.2. The highest BCUT2D eigenvalue weighted by Crippen LogP contribution is 2.26. The average Bonchev–Trinajstić information content (AvgIpc) is 2.81. The lowest BCUT2D eigenvalue weighted by Crippen LogP contribution is -2.15. The van der Waals surface area contributed by atoms with Gasteiger partial charge in [-0.05, 0) is 76.4 Å². The standard InChI is InChI=1S/C12H18FN.C12H19N.C9H13N/c1-12(2,3)10-7-9(8-14-4)5-6-11(10)13;1-12(2,3)11-7-5-10(6-8-11)9-13-4;1-9(2,3)8-4-6-10-7-5-8/h5-7,14H,8H2,1-4H3;5-8,13H,9H2,1-4H3;4-7H,1-3H3. The van der Waals surface area contributed by atoms with Crippen LogP contribution in [0.15, 0.2) is 67.0 Å². The molecule has 0 aliphatic rings. The number of hydrogen-bond acceptors (Lipinski definition) is 3. The van der Waals surface area contributed by atoms with Crippen molar-refractivity contribution in [2.75, 3.05) is 14.1 Å². The van der Waals surface area contributed by atoms with Gasteiger partial charge in [-0.15, -0.1) is 0 Å². The molecular weight excluding hydrogens is 457 g/mol. The topological polar surface area (TPSA) is 37.0 Å². The zero-order valence-corrected chi connectivity index (χ0v) is 25.1. The molecule has 3 aromatic rings. The van der Waals surface area contributed by atoms with Gasteiger partial charge < -0.3 is 10.6 Å². The van der Waals surface area contributed by atoms with Gasteiger partial charge in [0.05, 0.1) is 0 Å². The molecule has 0 atom stereocenters. The van der Waals surface area contributed by atoms with Gasteiger partial charge in [0.2, 0.25) is 0 Å². The average molecular weight is 508 g/mol. The van der Waals surface area contributed by atoms with Gasteiger partial charge in [-0.3, -0.25) is 4.98 Å². The van der Waals surface area contributed by atoms with Gasteiger partial charge in [-0.2, -0.15) is 0 Å². The molecule has 2 N–H and O–H groups in total. The van der Waals surface area contributed by atoms with E-state index in [1.54, 1.807) is 6.07 Å². The van der Waals surface area contributed by atoms with Crippen LogP contribution in [-0.2, 0) is 29.3 Å². The Balaban J connectivity index is 0.000000281. The van der Waals surface area contributed by atoms with E-state index >= 15 is 0 Å². The van der Waals surface area contributed by atoms with Crippen LogP contribution >= 0.6 is 0 Å². The number of rotatable bonds is 4. The fourth-order valence-electron chi connectivity index (χ4n) is 3.64. The van der Waals surface area contributed by atoms with Crippen LogP contribution in [0.2, 0.25) is 0 Å². The molecular formula is C33H50FN3. The molecule has 0 unspecified atom stereocenters. The Kier molecular flexibility index (Phi) is 12.6. The van der Waals surface area contributed by atoms with Crippen LogP contribution in [-0.4, -0.2) is 19.1 Å². The van der Waals surface area contributed by atoms with Crippen LogP contribution in [0.25, 0.3) is 0 Å². The lowest BCUT2D eigenvalue weighted by Gasteiger charge is -2.20. The van der Waals surface area contributed by atoms with Gasteiger partial charge in [0.25, 0.3) is 0 Å². The minimum absolute atomic E-state index is 0.114. The van der Waals surface area contributed by atoms with E-state index in [2.05, 4.69) is 93.6 Å². The lowest BCUT2D eigenvalue weighted by molar-refractivity contribution is 0.521. The molecule has 0 radical (unpaired) electrons. The van der Waals surface area contributed by atoms with Crippen molar-refractivity contribution in [3.8, 4) is 0 Å². The summed E-state index contributed by atoms with van der Waals surface area (Å²) in [5, 5.41) is 6.20. The van der Waals surface area contributed by atoms with Gasteiger partial charge in [-0.25, -0.2) is 4.39 Å². The normalized spacial score (nSPS) is 11.7. The molecule has 204 valence electrons. The van der Waals surface area contributed by atoms with Crippen molar-refractivity contribution < 1.29 is 4.39 Å². The maximum Gasteiger partial charge on any atom is 0.126 e. The Labute approximate surface area is 226 Å². The predicted molar refractivity (Wildman–Crippen MR) is 159 cm³/mol. The molecule has 1 heterocycles. The minimum Gasteiger partial charge on any atom is -0.316 e. The second-order valence-electron chi connectivity index (χ2n) is 12.6. The van der Waals surface area contributed by atoms with Gasteiger partial charge in [-0.1, -0.05) is 98.7 Å². The van der Waals surface area contributed by atoms with Crippen LogP contribution in [0.1, 0.15) is 90.1 Å². The van der Waals surface area contributed by atoms with E-state index in [1.807, 2.05) is 59.4 Å². The molecule has 4 heteroatoms. The Morgan fingerprint density at radius 2 is 1.03 bits per heavy atom. The van der Waals surface area contributed by atoms with E-state index in [4.69, 9.17) is 0 Å². The summed E-state index contributed by atoms with van der Waals surface area (Å²) in [4.78, 5) is 3.96. The van der Waals surface area contributed by atoms with E-state index in [9.17, 15) is 4.39 Å². The van der Waals surface area contributed by atoms with Crippen molar-refractivity contribution in [1.82, 2.24) is 15.6 Å². The van der Waals surface area contributed by atoms with E-state index < -0.39 is 0 Å². The van der Waals surface area contributed by atoms with Crippen molar-refractivity contribution in [1.29, 1.82) is 0 Å². The molecule has 1 aromatic heterocycles. The van der Waals surface area contributed by atoms with Crippen molar-refractivity contribution in [2.45, 2.75) is 91.6 Å². The second kappa shape index (κ2) is 14.4. The molecule has 3 rings (SSSR count). The number of hydrogen-bond donors (Lipinski definition) is 2. The van der Waals surface area contributed by atoms with Crippen LogP contribution in [0, 0.1) is 5.82 Å². The first-order chi connectivity index (χ1) is 17.1. The van der Waals surface area contributed by atoms with E-state index in [0.29, 0.717) is 0 Å². The quantitative estimate of drug-likeness (QED) is 0.376. The fourth-order valence-corrected chi connectivity index (χ4v) is 3.64. The Hall–Kier alpha value is -2.56. The van der Waals surface area contributed by atoms with Gasteiger partial charge in [0.15, 0.2) is 0 Å². The number of benzene rings is 2. The third-order valence-corrected chi connectivity index (χ3v) is 5.97. The highest BCUT2D eigenvalue weighted by atomic mass is 19.1. The van der Waals surface area contributed by atoms with Gasteiger partial charge in [0, 0.05) is 25.5 Å². The molecule has 0 saturated carbocycles. The molecule has 0 amide bonds. The predicted octanol–water partition coefficient (Wildman–Crippen LogP) is 7.93. The molecule has 37 heavy (non-hydrogen) atoms. The number of pyridine rings is 1. The molecule has 0 saturated heterocycles. The summed E-state index contributed by atoms with van der Waals surface area (Å²) < 4.78 is 13.5. The SMILES string of the molecule is CC(C)(C)c1ccncc1.CNCc1ccc(C(C)(C)C)cc1.CNCc1ccc(F)c(C(C)(C)C)c1. The molecule has 0 spiro atoms. The van der Waals surface area contributed by atoms with Crippen molar-refractivity contribution in [3.05, 3.63) is 101 Å². The van der Waals surface area contributed by atoms with Gasteiger partial charge in [0.1, 0.15) is 5.82 Å². The summed E-state index contributed by atoms with van der Waals surface area (Å²) in [6.45, 7) is 21.1. The fraction of sp³-hybridized carbons (Fsp3) is 0.485. The van der Waals surface area contributed by atoms with Crippen molar-refractivity contribution in [2.24, 2.45) is 0 Å².